The van der Waals surface area contributed by atoms with E-state index < -0.39 is 10.0 Å². The van der Waals surface area contributed by atoms with Crippen molar-refractivity contribution in [2.45, 2.75) is 31.2 Å². The number of ether oxygens (including phenoxy) is 2. The Labute approximate surface area is 214 Å². The van der Waals surface area contributed by atoms with Crippen LogP contribution < -0.4 is 18.7 Å². The van der Waals surface area contributed by atoms with Gasteiger partial charge in [0.25, 0.3) is 10.0 Å². The van der Waals surface area contributed by atoms with Gasteiger partial charge in [0.1, 0.15) is 22.9 Å². The Morgan fingerprint density at radius 2 is 1.86 bits per heavy atom. The second kappa shape index (κ2) is 9.91. The molecular formula is C26H27BrN2O5S. The zero-order valence-electron chi connectivity index (χ0n) is 20.0. The number of carbonyl (C=O) groups excluding carboxylic acids is 1. The van der Waals surface area contributed by atoms with Gasteiger partial charge in [-0.3, -0.25) is 9.10 Å². The van der Waals surface area contributed by atoms with E-state index in [1.807, 2.05) is 25.1 Å². The Morgan fingerprint density at radius 1 is 1.09 bits per heavy atom. The maximum atomic E-state index is 14.0. The topological polar surface area (TPSA) is 76.2 Å². The number of amides is 1. The number of fused-ring (bicyclic) bond motifs is 1. The monoisotopic (exact) mass is 558 g/mol. The summed E-state index contributed by atoms with van der Waals surface area (Å²) in [6, 6.07) is 17.3. The largest absolute Gasteiger partial charge is 0.497 e. The number of anilines is 2. The normalized spacial score (nSPS) is 15.0. The molecule has 1 aliphatic rings. The summed E-state index contributed by atoms with van der Waals surface area (Å²) in [5.74, 6) is 0.369. The van der Waals surface area contributed by atoms with Crippen molar-refractivity contribution in [3.05, 3.63) is 76.3 Å². The number of halogens is 1. The van der Waals surface area contributed by atoms with Gasteiger partial charge in [-0.2, -0.15) is 0 Å². The van der Waals surface area contributed by atoms with Crippen LogP contribution in [0, 0.1) is 6.92 Å². The number of aryl methyl sites for hydroxylation is 1. The molecule has 184 valence electrons. The van der Waals surface area contributed by atoms with Crippen molar-refractivity contribution in [1.29, 1.82) is 0 Å². The van der Waals surface area contributed by atoms with Crippen molar-refractivity contribution < 1.29 is 22.7 Å². The van der Waals surface area contributed by atoms with E-state index in [-0.39, 0.29) is 29.1 Å². The average Bonchev–Trinajstić information content (AvgIpc) is 3.16. The van der Waals surface area contributed by atoms with Crippen LogP contribution in [0.5, 0.6) is 11.5 Å². The molecule has 0 spiro atoms. The molecule has 0 N–H and O–H groups in total. The van der Waals surface area contributed by atoms with Gasteiger partial charge < -0.3 is 14.4 Å². The smallest absolute Gasteiger partial charge is 0.268 e. The quantitative estimate of drug-likeness (QED) is 0.410. The second-order valence-electron chi connectivity index (χ2n) is 8.46. The third-order valence-corrected chi connectivity index (χ3v) is 8.32. The predicted octanol–water partition coefficient (Wildman–Crippen LogP) is 4.95. The zero-order valence-corrected chi connectivity index (χ0v) is 22.4. The fourth-order valence-electron chi connectivity index (χ4n) is 4.36. The van der Waals surface area contributed by atoms with E-state index in [0.717, 1.165) is 25.6 Å². The molecule has 0 radical (unpaired) electrons. The number of hydrogen-bond acceptors (Lipinski definition) is 5. The average molecular weight is 559 g/mol. The lowest BCUT2D eigenvalue weighted by molar-refractivity contribution is -0.117. The molecule has 0 saturated carbocycles. The van der Waals surface area contributed by atoms with E-state index in [4.69, 9.17) is 9.47 Å². The minimum Gasteiger partial charge on any atom is -0.497 e. The van der Waals surface area contributed by atoms with E-state index in [0.29, 0.717) is 17.9 Å². The summed E-state index contributed by atoms with van der Waals surface area (Å²) in [7, 11) is -1.24. The van der Waals surface area contributed by atoms with Crippen molar-refractivity contribution in [2.75, 3.05) is 30.0 Å². The fourth-order valence-corrected chi connectivity index (χ4v) is 6.42. The van der Waals surface area contributed by atoms with Crippen LogP contribution in [0.3, 0.4) is 0 Å². The molecule has 0 aliphatic carbocycles. The lowest BCUT2D eigenvalue weighted by atomic mass is 10.1. The molecule has 1 amide bonds. The van der Waals surface area contributed by atoms with Crippen LogP contribution in [-0.4, -0.2) is 41.1 Å². The van der Waals surface area contributed by atoms with E-state index >= 15 is 0 Å². The molecule has 1 atom stereocenters. The lowest BCUT2D eigenvalue weighted by Gasteiger charge is -2.29. The third-order valence-electron chi connectivity index (χ3n) is 6.03. The van der Waals surface area contributed by atoms with Crippen molar-refractivity contribution in [3.8, 4) is 11.5 Å². The van der Waals surface area contributed by atoms with Gasteiger partial charge >= 0.3 is 0 Å². The van der Waals surface area contributed by atoms with Gasteiger partial charge in [-0.05, 0) is 73.9 Å². The summed E-state index contributed by atoms with van der Waals surface area (Å²) >= 11 is 3.48. The van der Waals surface area contributed by atoms with Gasteiger partial charge in [0, 0.05) is 22.3 Å². The first-order valence-corrected chi connectivity index (χ1v) is 13.3. The molecule has 7 nitrogen and oxygen atoms in total. The lowest BCUT2D eigenvalue weighted by Crippen LogP contribution is -2.45. The highest BCUT2D eigenvalue weighted by molar-refractivity contribution is 9.10. The van der Waals surface area contributed by atoms with Crippen molar-refractivity contribution in [2.24, 2.45) is 0 Å². The van der Waals surface area contributed by atoms with E-state index in [1.54, 1.807) is 54.3 Å². The SMILES string of the molecule is COc1cccc(N(CC(=O)N2c3ccc(Br)cc3CC2C)S(=O)(=O)c2cc(C)ccc2OC)c1. The van der Waals surface area contributed by atoms with E-state index in [1.165, 1.54) is 14.2 Å². The Balaban J connectivity index is 1.79. The Bertz CT molecular complexity index is 1380. The van der Waals surface area contributed by atoms with Crippen molar-refractivity contribution in [1.82, 2.24) is 0 Å². The van der Waals surface area contributed by atoms with E-state index in [2.05, 4.69) is 15.9 Å². The summed E-state index contributed by atoms with van der Waals surface area (Å²) in [5, 5.41) is 0. The van der Waals surface area contributed by atoms with Crippen LogP contribution in [0.2, 0.25) is 0 Å². The molecular weight excluding hydrogens is 532 g/mol. The number of nitrogens with zero attached hydrogens (tertiary/aromatic N) is 2. The molecule has 35 heavy (non-hydrogen) atoms. The maximum absolute atomic E-state index is 14.0. The first kappa shape index (κ1) is 25.1. The van der Waals surface area contributed by atoms with Gasteiger partial charge in [-0.1, -0.05) is 28.1 Å². The molecule has 0 bridgehead atoms. The molecule has 0 saturated heterocycles. The summed E-state index contributed by atoms with van der Waals surface area (Å²) in [4.78, 5) is 15.4. The highest BCUT2D eigenvalue weighted by Crippen LogP contribution is 2.36. The number of carbonyl (C=O) groups is 1. The molecule has 1 aliphatic heterocycles. The van der Waals surface area contributed by atoms with Crippen molar-refractivity contribution >= 4 is 43.2 Å². The van der Waals surface area contributed by atoms with Gasteiger partial charge in [0.15, 0.2) is 0 Å². The number of sulfonamides is 1. The Kier molecular flexibility index (Phi) is 7.10. The minimum absolute atomic E-state index is 0.00517. The highest BCUT2D eigenvalue weighted by Gasteiger charge is 2.36. The molecule has 3 aromatic carbocycles. The molecule has 3 aromatic rings. The van der Waals surface area contributed by atoms with Crippen LogP contribution >= 0.6 is 15.9 Å². The summed E-state index contributed by atoms with van der Waals surface area (Å²) in [5.41, 5.74) is 2.91. The molecule has 0 aromatic heterocycles. The van der Waals surface area contributed by atoms with E-state index in [9.17, 15) is 13.2 Å². The van der Waals surface area contributed by atoms with Crippen LogP contribution in [0.1, 0.15) is 18.1 Å². The van der Waals surface area contributed by atoms with Gasteiger partial charge in [0.2, 0.25) is 5.91 Å². The number of hydrogen-bond donors (Lipinski definition) is 0. The molecule has 4 rings (SSSR count). The predicted molar refractivity (Wildman–Crippen MR) is 140 cm³/mol. The third kappa shape index (κ3) is 4.88. The van der Waals surface area contributed by atoms with Crippen LogP contribution in [0.15, 0.2) is 70.0 Å². The Hall–Kier alpha value is -3.04. The standard InChI is InChI=1S/C26H27BrN2O5S/c1-17-8-11-24(34-4)25(12-17)35(31,32)28(21-6-5-7-22(15-21)33-3)16-26(30)29-18(2)13-19-14-20(27)9-10-23(19)29/h5-12,14-15,18H,13,16H2,1-4H3. The number of benzene rings is 3. The van der Waals surface area contributed by atoms with Crippen LogP contribution in [-0.2, 0) is 21.2 Å². The van der Waals surface area contributed by atoms with Gasteiger partial charge in [-0.15, -0.1) is 0 Å². The molecule has 1 heterocycles. The maximum Gasteiger partial charge on any atom is 0.268 e. The number of rotatable bonds is 7. The Morgan fingerprint density at radius 3 is 2.57 bits per heavy atom. The fraction of sp³-hybridized carbons (Fsp3) is 0.269. The first-order valence-electron chi connectivity index (χ1n) is 11.1. The van der Waals surface area contributed by atoms with Crippen LogP contribution in [0.4, 0.5) is 11.4 Å². The summed E-state index contributed by atoms with van der Waals surface area (Å²) in [6.45, 7) is 3.38. The highest BCUT2D eigenvalue weighted by atomic mass is 79.9. The number of methoxy groups -OCH3 is 2. The molecule has 9 heteroatoms. The second-order valence-corrected chi connectivity index (χ2v) is 11.2. The minimum atomic E-state index is -4.17. The van der Waals surface area contributed by atoms with Crippen LogP contribution in [0.25, 0.3) is 0 Å². The van der Waals surface area contributed by atoms with Gasteiger partial charge in [0.05, 0.1) is 19.9 Å². The molecule has 0 fully saturated rings. The summed E-state index contributed by atoms with van der Waals surface area (Å²) < 4.78 is 40.8. The molecule has 1 unspecified atom stereocenters. The summed E-state index contributed by atoms with van der Waals surface area (Å²) in [6.07, 6.45) is 0.693. The first-order chi connectivity index (χ1) is 16.6. The van der Waals surface area contributed by atoms with Crippen molar-refractivity contribution in [3.63, 3.8) is 0 Å². The zero-order chi connectivity index (χ0) is 25.3. The van der Waals surface area contributed by atoms with Gasteiger partial charge in [-0.25, -0.2) is 8.42 Å².